The van der Waals surface area contributed by atoms with Crippen LogP contribution in [0.15, 0.2) is 60.7 Å². The summed E-state index contributed by atoms with van der Waals surface area (Å²) in [5, 5.41) is 13.8. The third kappa shape index (κ3) is 4.56. The van der Waals surface area contributed by atoms with Crippen LogP contribution in [0.3, 0.4) is 0 Å². The Hall–Kier alpha value is -1.96. The van der Waals surface area contributed by atoms with Gasteiger partial charge >= 0.3 is 0 Å². The number of hydrogen-bond acceptors (Lipinski definition) is 4. The lowest BCUT2D eigenvalue weighted by Gasteiger charge is -2.33. The third-order valence-corrected chi connectivity index (χ3v) is 6.21. The van der Waals surface area contributed by atoms with Crippen molar-refractivity contribution in [3.05, 3.63) is 66.2 Å². The predicted octanol–water partition coefficient (Wildman–Crippen LogP) is 2.04. The molecule has 0 spiro atoms. The summed E-state index contributed by atoms with van der Waals surface area (Å²) in [7, 11) is -3.27. The van der Waals surface area contributed by atoms with Crippen LogP contribution in [0.1, 0.15) is 5.56 Å². The molecule has 2 atom stereocenters. The summed E-state index contributed by atoms with van der Waals surface area (Å²) >= 11 is 5.53. The molecule has 0 unspecified atom stereocenters. The molecular weight excluding hydrogens is 356 g/mol. The Bertz CT molecular complexity index is 826. The first kappa shape index (κ1) is 17.8. The molecule has 0 radical (unpaired) electrons. The van der Waals surface area contributed by atoms with Crippen molar-refractivity contribution in [3.63, 3.8) is 0 Å². The van der Waals surface area contributed by atoms with Crippen LogP contribution in [0.25, 0.3) is 0 Å². The summed E-state index contributed by atoms with van der Waals surface area (Å²) in [5.41, 5.74) is 1.82. The van der Waals surface area contributed by atoms with Crippen LogP contribution in [0.4, 0.5) is 5.69 Å². The second-order valence-electron chi connectivity index (χ2n) is 6.12. The van der Waals surface area contributed by atoms with Crippen LogP contribution in [0.2, 0.25) is 0 Å². The van der Waals surface area contributed by atoms with E-state index < -0.39 is 22.0 Å². The largest absolute Gasteiger partial charge is 0.390 e. The molecule has 0 aliphatic carbocycles. The van der Waals surface area contributed by atoms with Gasteiger partial charge in [-0.2, -0.15) is 0 Å². The summed E-state index contributed by atoms with van der Waals surface area (Å²) in [4.78, 5) is 1.77. The normalized spacial score (nSPS) is 21.6. The topological polar surface area (TPSA) is 69.6 Å². The van der Waals surface area contributed by atoms with Crippen LogP contribution in [-0.2, 0) is 16.4 Å². The summed E-state index contributed by atoms with van der Waals surface area (Å²) in [5.74, 6) is -0.325. The summed E-state index contributed by atoms with van der Waals surface area (Å²) < 4.78 is 23.9. The van der Waals surface area contributed by atoms with Gasteiger partial charge in [0.05, 0.1) is 23.7 Å². The first-order chi connectivity index (χ1) is 11.9. The standard InChI is InChI=1S/C18H20N2O3S2/c21-17-13-25(22,23)12-16(17)20(11-14-7-3-1-4-8-14)18(24)19-15-9-5-2-6-10-15/h1-10,16-17,21H,11-13H2,(H,19,24)/t16-,17-/m1/s1. The second kappa shape index (κ2) is 7.51. The van der Waals surface area contributed by atoms with Crippen molar-refractivity contribution in [1.29, 1.82) is 0 Å². The van der Waals surface area contributed by atoms with Crippen molar-refractivity contribution in [3.8, 4) is 0 Å². The van der Waals surface area contributed by atoms with Crippen molar-refractivity contribution in [2.24, 2.45) is 0 Å². The molecular formula is C18H20N2O3S2. The molecule has 1 saturated heterocycles. The van der Waals surface area contributed by atoms with E-state index in [0.29, 0.717) is 11.7 Å². The van der Waals surface area contributed by atoms with E-state index in [1.165, 1.54) is 0 Å². The maximum absolute atomic E-state index is 11.9. The van der Waals surface area contributed by atoms with E-state index in [9.17, 15) is 13.5 Å². The summed E-state index contributed by atoms with van der Waals surface area (Å²) in [6.07, 6.45) is -0.954. The van der Waals surface area contributed by atoms with Crippen molar-refractivity contribution in [2.75, 3.05) is 16.8 Å². The number of anilines is 1. The van der Waals surface area contributed by atoms with Crippen molar-refractivity contribution >= 4 is 32.9 Å². The zero-order valence-electron chi connectivity index (χ0n) is 13.6. The molecule has 1 aliphatic heterocycles. The summed E-state index contributed by atoms with van der Waals surface area (Å²) in [6, 6.07) is 18.6. The van der Waals surface area contributed by atoms with Gasteiger partial charge in [-0.3, -0.25) is 0 Å². The van der Waals surface area contributed by atoms with Gasteiger partial charge in [0.1, 0.15) is 0 Å². The SMILES string of the molecule is O=S1(=O)C[C@@H](O)[C@H](N(Cc2ccccc2)C(=S)Nc2ccccc2)C1. The van der Waals surface area contributed by atoms with E-state index in [1.54, 1.807) is 4.90 Å². The number of hydrogen-bond donors (Lipinski definition) is 2. The van der Waals surface area contributed by atoms with E-state index in [2.05, 4.69) is 5.32 Å². The van der Waals surface area contributed by atoms with E-state index in [0.717, 1.165) is 11.3 Å². The third-order valence-electron chi connectivity index (χ3n) is 4.18. The van der Waals surface area contributed by atoms with E-state index in [1.807, 2.05) is 60.7 Å². The number of benzene rings is 2. The lowest BCUT2D eigenvalue weighted by molar-refractivity contribution is 0.120. The van der Waals surface area contributed by atoms with Crippen LogP contribution in [-0.4, -0.2) is 47.2 Å². The van der Waals surface area contributed by atoms with Crippen molar-refractivity contribution < 1.29 is 13.5 Å². The van der Waals surface area contributed by atoms with Crippen LogP contribution in [0.5, 0.6) is 0 Å². The fourth-order valence-electron chi connectivity index (χ4n) is 2.94. The van der Waals surface area contributed by atoms with E-state index >= 15 is 0 Å². The van der Waals surface area contributed by atoms with Crippen LogP contribution < -0.4 is 5.32 Å². The number of para-hydroxylation sites is 1. The smallest absolute Gasteiger partial charge is 0.174 e. The van der Waals surface area contributed by atoms with Gasteiger partial charge < -0.3 is 15.3 Å². The first-order valence-corrected chi connectivity index (χ1v) is 10.2. The molecule has 7 heteroatoms. The minimum absolute atomic E-state index is 0.0996. The fourth-order valence-corrected chi connectivity index (χ4v) is 5.06. The minimum atomic E-state index is -3.27. The Morgan fingerprint density at radius 3 is 2.24 bits per heavy atom. The molecule has 0 saturated carbocycles. The van der Waals surface area contributed by atoms with Crippen molar-refractivity contribution in [2.45, 2.75) is 18.7 Å². The quantitative estimate of drug-likeness (QED) is 0.796. The molecule has 1 fully saturated rings. The Kier molecular flexibility index (Phi) is 5.36. The molecule has 2 N–H and O–H groups in total. The number of aliphatic hydroxyl groups excluding tert-OH is 1. The highest BCUT2D eigenvalue weighted by molar-refractivity contribution is 7.91. The Balaban J connectivity index is 1.85. The average Bonchev–Trinajstić information content (AvgIpc) is 2.87. The van der Waals surface area contributed by atoms with Crippen LogP contribution >= 0.6 is 12.2 Å². The number of rotatable bonds is 4. The van der Waals surface area contributed by atoms with Gasteiger partial charge in [0.15, 0.2) is 14.9 Å². The highest BCUT2D eigenvalue weighted by Gasteiger charge is 2.41. The Morgan fingerprint density at radius 2 is 1.68 bits per heavy atom. The number of nitrogens with zero attached hydrogens (tertiary/aromatic N) is 1. The van der Waals surface area contributed by atoms with Gasteiger partial charge in [-0.05, 0) is 29.9 Å². The second-order valence-corrected chi connectivity index (χ2v) is 8.66. The molecule has 1 aliphatic rings. The average molecular weight is 377 g/mol. The highest BCUT2D eigenvalue weighted by atomic mass is 32.2. The molecule has 0 bridgehead atoms. The number of nitrogens with one attached hydrogen (secondary N) is 1. The van der Waals surface area contributed by atoms with E-state index in [4.69, 9.17) is 12.2 Å². The Labute approximate surface area is 153 Å². The number of aliphatic hydroxyl groups is 1. The molecule has 5 nitrogen and oxygen atoms in total. The molecule has 2 aromatic carbocycles. The predicted molar refractivity (Wildman–Crippen MR) is 103 cm³/mol. The minimum Gasteiger partial charge on any atom is -0.390 e. The lowest BCUT2D eigenvalue weighted by Crippen LogP contribution is -2.47. The van der Waals surface area contributed by atoms with Crippen LogP contribution in [0, 0.1) is 0 Å². The zero-order chi connectivity index (χ0) is 17.9. The van der Waals surface area contributed by atoms with Gasteiger partial charge in [-0.1, -0.05) is 48.5 Å². The zero-order valence-corrected chi connectivity index (χ0v) is 15.2. The lowest BCUT2D eigenvalue weighted by atomic mass is 10.1. The molecule has 25 heavy (non-hydrogen) atoms. The molecule has 3 rings (SSSR count). The summed E-state index contributed by atoms with van der Waals surface area (Å²) in [6.45, 7) is 0.427. The maximum Gasteiger partial charge on any atom is 0.174 e. The van der Waals surface area contributed by atoms with Gasteiger partial charge in [0, 0.05) is 12.2 Å². The van der Waals surface area contributed by atoms with Gasteiger partial charge in [-0.25, -0.2) is 8.42 Å². The molecule has 0 amide bonds. The van der Waals surface area contributed by atoms with E-state index in [-0.39, 0.29) is 11.5 Å². The monoisotopic (exact) mass is 376 g/mol. The van der Waals surface area contributed by atoms with Crippen molar-refractivity contribution in [1.82, 2.24) is 4.90 Å². The highest BCUT2D eigenvalue weighted by Crippen LogP contribution is 2.22. The molecule has 0 aromatic heterocycles. The fraction of sp³-hybridized carbons (Fsp3) is 0.278. The maximum atomic E-state index is 11.9. The molecule has 1 heterocycles. The number of sulfone groups is 1. The first-order valence-electron chi connectivity index (χ1n) is 8.00. The number of thiocarbonyl (C=S) groups is 1. The molecule has 132 valence electrons. The van der Waals surface area contributed by atoms with Gasteiger partial charge in [0.2, 0.25) is 0 Å². The van der Waals surface area contributed by atoms with Gasteiger partial charge in [-0.15, -0.1) is 0 Å². The molecule has 2 aromatic rings. The van der Waals surface area contributed by atoms with Gasteiger partial charge in [0.25, 0.3) is 0 Å². The Morgan fingerprint density at radius 1 is 1.08 bits per heavy atom.